The highest BCUT2D eigenvalue weighted by Crippen LogP contribution is 2.37. The smallest absolute Gasteiger partial charge is 0.255 e. The topological polar surface area (TPSA) is 93.2 Å². The number of rotatable bonds is 6. The van der Waals surface area contributed by atoms with Crippen LogP contribution in [0.1, 0.15) is 10.4 Å². The molecule has 0 bridgehead atoms. The Hall–Kier alpha value is -3.30. The van der Waals surface area contributed by atoms with Crippen molar-refractivity contribution in [2.45, 2.75) is 0 Å². The summed E-state index contributed by atoms with van der Waals surface area (Å²) in [5.74, 6) is -0.155. The molecule has 31 heavy (non-hydrogen) atoms. The van der Waals surface area contributed by atoms with E-state index >= 15 is 0 Å². The summed E-state index contributed by atoms with van der Waals surface area (Å²) in [6.07, 6.45) is 0. The molecule has 2 aromatic carbocycles. The average Bonchev–Trinajstić information content (AvgIpc) is 3.30. The van der Waals surface area contributed by atoms with Gasteiger partial charge < -0.3 is 29.5 Å². The molecule has 1 amide bonds. The molecule has 1 saturated heterocycles. The van der Waals surface area contributed by atoms with Gasteiger partial charge in [-0.1, -0.05) is 12.1 Å². The fourth-order valence-electron chi connectivity index (χ4n) is 3.25. The second-order valence-corrected chi connectivity index (χ2v) is 7.71. The van der Waals surface area contributed by atoms with Crippen molar-refractivity contribution in [2.75, 3.05) is 50.7 Å². The van der Waals surface area contributed by atoms with Crippen LogP contribution in [0.25, 0.3) is 11.3 Å². The number of aromatic nitrogens is 1. The zero-order valence-electron chi connectivity index (χ0n) is 17.3. The molecule has 3 aromatic rings. The highest BCUT2D eigenvalue weighted by Gasteiger charge is 2.17. The maximum Gasteiger partial charge on any atom is 0.255 e. The van der Waals surface area contributed by atoms with Gasteiger partial charge in [-0.15, -0.1) is 11.3 Å². The van der Waals surface area contributed by atoms with Crippen molar-refractivity contribution >= 4 is 28.1 Å². The lowest BCUT2D eigenvalue weighted by Gasteiger charge is -2.26. The van der Waals surface area contributed by atoms with Gasteiger partial charge in [0, 0.05) is 35.3 Å². The highest BCUT2D eigenvalue weighted by atomic mass is 32.1. The lowest BCUT2D eigenvalue weighted by molar-refractivity contribution is 0.102. The van der Waals surface area contributed by atoms with Crippen molar-refractivity contribution < 1.29 is 24.1 Å². The molecule has 8 nitrogen and oxygen atoms in total. The molecule has 2 N–H and O–H groups in total. The summed E-state index contributed by atoms with van der Waals surface area (Å²) < 4.78 is 15.6. The number of hydrogen-bond donors (Lipinski definition) is 2. The molecule has 1 fully saturated rings. The van der Waals surface area contributed by atoms with Crippen molar-refractivity contribution in [3.63, 3.8) is 0 Å². The van der Waals surface area contributed by atoms with Crippen molar-refractivity contribution in [2.24, 2.45) is 0 Å². The molecule has 162 valence electrons. The predicted molar refractivity (Wildman–Crippen MR) is 120 cm³/mol. The zero-order valence-corrected chi connectivity index (χ0v) is 18.1. The number of phenolic OH excluding ortho intramolecular Hbond substituents is 1. The molecule has 2 heterocycles. The van der Waals surface area contributed by atoms with E-state index in [0.717, 1.165) is 42.7 Å². The Morgan fingerprint density at radius 1 is 1.13 bits per heavy atom. The Morgan fingerprint density at radius 3 is 2.39 bits per heavy atom. The fraction of sp³-hybridized carbons (Fsp3) is 0.273. The fourth-order valence-corrected chi connectivity index (χ4v) is 4.14. The standard InChI is InChI=1S/C22H23N3O5S/c1-28-18-11-15(12-19(29-2)20(18)26)21(27)23-16-5-3-14(4-6-16)17-13-31-22(24-17)25-7-9-30-10-8-25/h3-6,11-13,26H,7-10H2,1-2H3,(H,23,27). The summed E-state index contributed by atoms with van der Waals surface area (Å²) >= 11 is 1.62. The largest absolute Gasteiger partial charge is 0.502 e. The van der Waals surface area contributed by atoms with Crippen molar-refractivity contribution in [1.29, 1.82) is 0 Å². The third-order valence-electron chi connectivity index (χ3n) is 4.95. The maximum absolute atomic E-state index is 12.7. The predicted octanol–water partition coefficient (Wildman–Crippen LogP) is 3.62. The van der Waals surface area contributed by atoms with Crippen molar-refractivity contribution in [3.8, 4) is 28.5 Å². The number of methoxy groups -OCH3 is 2. The summed E-state index contributed by atoms with van der Waals surface area (Å²) in [4.78, 5) is 19.6. The number of thiazole rings is 1. The molecule has 1 aromatic heterocycles. The minimum atomic E-state index is -0.340. The van der Waals surface area contributed by atoms with Crippen LogP contribution in [0.2, 0.25) is 0 Å². The zero-order chi connectivity index (χ0) is 21.8. The molecule has 0 saturated carbocycles. The van der Waals surface area contributed by atoms with Gasteiger partial charge in [0.25, 0.3) is 5.91 Å². The highest BCUT2D eigenvalue weighted by molar-refractivity contribution is 7.14. The van der Waals surface area contributed by atoms with Gasteiger partial charge in [-0.05, 0) is 24.3 Å². The van der Waals surface area contributed by atoms with E-state index in [2.05, 4.69) is 10.2 Å². The number of carbonyl (C=O) groups is 1. The first-order valence-corrected chi connectivity index (χ1v) is 10.6. The van der Waals surface area contributed by atoms with Gasteiger partial charge in [0.2, 0.25) is 5.75 Å². The van der Waals surface area contributed by atoms with Gasteiger partial charge in [0.05, 0.1) is 33.1 Å². The first-order valence-electron chi connectivity index (χ1n) is 9.74. The van der Waals surface area contributed by atoms with Crippen molar-refractivity contribution in [1.82, 2.24) is 4.98 Å². The van der Waals surface area contributed by atoms with Gasteiger partial charge in [0.15, 0.2) is 16.6 Å². The van der Waals surface area contributed by atoms with Crippen LogP contribution in [-0.2, 0) is 4.74 Å². The normalized spacial score (nSPS) is 13.7. The van der Waals surface area contributed by atoms with Crippen LogP contribution in [0.5, 0.6) is 17.2 Å². The molecule has 1 aliphatic heterocycles. The van der Waals surface area contributed by atoms with Crippen LogP contribution in [0.4, 0.5) is 10.8 Å². The third-order valence-corrected chi connectivity index (χ3v) is 5.86. The summed E-state index contributed by atoms with van der Waals surface area (Å²) in [5.41, 5.74) is 2.83. The number of benzene rings is 2. The maximum atomic E-state index is 12.7. The molecule has 0 spiro atoms. The number of aromatic hydroxyl groups is 1. The summed E-state index contributed by atoms with van der Waals surface area (Å²) in [7, 11) is 2.83. The van der Waals surface area contributed by atoms with Gasteiger partial charge in [-0.2, -0.15) is 0 Å². The molecule has 9 heteroatoms. The van der Waals surface area contributed by atoms with Crippen LogP contribution in [0.3, 0.4) is 0 Å². The van der Waals surface area contributed by atoms with E-state index in [0.29, 0.717) is 11.3 Å². The summed E-state index contributed by atoms with van der Waals surface area (Å²) in [6, 6.07) is 10.4. The van der Waals surface area contributed by atoms with E-state index in [1.165, 1.54) is 26.4 Å². The Balaban J connectivity index is 1.46. The molecule has 0 radical (unpaired) electrons. The number of anilines is 2. The summed E-state index contributed by atoms with van der Waals surface area (Å²) in [6.45, 7) is 3.15. The number of nitrogens with one attached hydrogen (secondary N) is 1. The number of carbonyl (C=O) groups excluding carboxylic acids is 1. The van der Waals surface area contributed by atoms with E-state index in [9.17, 15) is 9.90 Å². The van der Waals surface area contributed by atoms with E-state index < -0.39 is 0 Å². The summed E-state index contributed by atoms with van der Waals surface area (Å²) in [5, 5.41) is 15.9. The Bertz CT molecular complexity index is 1040. The van der Waals surface area contributed by atoms with Crippen molar-refractivity contribution in [3.05, 3.63) is 47.3 Å². The number of phenols is 1. The van der Waals surface area contributed by atoms with Gasteiger partial charge in [-0.25, -0.2) is 4.98 Å². The third kappa shape index (κ3) is 4.57. The minimum Gasteiger partial charge on any atom is -0.502 e. The van der Waals surface area contributed by atoms with Crippen LogP contribution in [0, 0.1) is 0 Å². The second kappa shape index (κ2) is 9.23. The number of ether oxygens (including phenoxy) is 3. The van der Waals surface area contributed by atoms with Crippen LogP contribution < -0.4 is 19.7 Å². The monoisotopic (exact) mass is 441 g/mol. The molecule has 0 atom stereocenters. The Morgan fingerprint density at radius 2 is 1.77 bits per heavy atom. The molecule has 0 unspecified atom stereocenters. The van der Waals surface area contributed by atoms with E-state index in [1.807, 2.05) is 29.6 Å². The van der Waals surface area contributed by atoms with Gasteiger partial charge in [-0.3, -0.25) is 4.79 Å². The lowest BCUT2D eigenvalue weighted by Crippen LogP contribution is -2.36. The first kappa shape index (κ1) is 21.0. The number of morpholine rings is 1. The lowest BCUT2D eigenvalue weighted by atomic mass is 10.1. The van der Waals surface area contributed by atoms with Crippen LogP contribution in [-0.4, -0.2) is 56.5 Å². The van der Waals surface area contributed by atoms with E-state index in [-0.39, 0.29) is 23.2 Å². The molecular formula is C22H23N3O5S. The van der Waals surface area contributed by atoms with E-state index in [4.69, 9.17) is 19.2 Å². The number of nitrogens with zero attached hydrogens (tertiary/aromatic N) is 2. The van der Waals surface area contributed by atoms with Crippen LogP contribution in [0.15, 0.2) is 41.8 Å². The van der Waals surface area contributed by atoms with E-state index in [1.54, 1.807) is 11.3 Å². The minimum absolute atomic E-state index is 0.148. The first-order chi connectivity index (χ1) is 15.1. The van der Waals surface area contributed by atoms with Gasteiger partial charge >= 0.3 is 0 Å². The Kier molecular flexibility index (Phi) is 6.24. The van der Waals surface area contributed by atoms with Gasteiger partial charge in [0.1, 0.15) is 0 Å². The molecular weight excluding hydrogens is 418 g/mol. The molecule has 0 aliphatic carbocycles. The second-order valence-electron chi connectivity index (χ2n) is 6.88. The van der Waals surface area contributed by atoms with Crippen LogP contribution >= 0.6 is 11.3 Å². The number of amides is 1. The Labute approximate surface area is 184 Å². The average molecular weight is 442 g/mol. The SMILES string of the molecule is COc1cc(C(=O)Nc2ccc(-c3csc(N4CCOCC4)n3)cc2)cc(OC)c1O. The molecule has 4 rings (SSSR count). The molecule has 1 aliphatic rings. The quantitative estimate of drug-likeness (QED) is 0.603. The number of hydrogen-bond acceptors (Lipinski definition) is 8.